The predicted octanol–water partition coefficient (Wildman–Crippen LogP) is 1.42. The molecule has 5 heteroatoms. The van der Waals surface area contributed by atoms with E-state index in [0.29, 0.717) is 6.54 Å². The highest BCUT2D eigenvalue weighted by Gasteiger charge is 2.03. The largest absolute Gasteiger partial charge is 0.334 e. The van der Waals surface area contributed by atoms with Crippen molar-refractivity contribution >= 4 is 17.6 Å². The number of nitrogens with one attached hydrogen (secondary N) is 2. The van der Waals surface area contributed by atoms with Gasteiger partial charge in [0, 0.05) is 33.3 Å². The van der Waals surface area contributed by atoms with Crippen LogP contribution in [0.2, 0.25) is 0 Å². The molecule has 0 fully saturated rings. The second kappa shape index (κ2) is 5.89. The Labute approximate surface area is 101 Å². The van der Waals surface area contributed by atoms with Gasteiger partial charge >= 0.3 is 6.03 Å². The Morgan fingerprint density at radius 3 is 2.59 bits per heavy atom. The maximum absolute atomic E-state index is 11.3. The molecule has 2 N–H and O–H groups in total. The molecule has 0 saturated heterocycles. The zero-order valence-corrected chi connectivity index (χ0v) is 10.3. The van der Waals surface area contributed by atoms with Crippen LogP contribution in [0, 0.1) is 0 Å². The predicted molar refractivity (Wildman–Crippen MR) is 66.7 cm³/mol. The van der Waals surface area contributed by atoms with Gasteiger partial charge < -0.3 is 15.5 Å². The topological polar surface area (TPSA) is 61.4 Å². The van der Waals surface area contributed by atoms with Gasteiger partial charge in [0.05, 0.1) is 0 Å². The van der Waals surface area contributed by atoms with Crippen LogP contribution in [0.5, 0.6) is 0 Å². The molecule has 0 heterocycles. The Morgan fingerprint density at radius 1 is 1.29 bits per heavy atom. The summed E-state index contributed by atoms with van der Waals surface area (Å²) in [6.45, 7) is 1.89. The van der Waals surface area contributed by atoms with E-state index in [4.69, 9.17) is 0 Å². The lowest BCUT2D eigenvalue weighted by Crippen LogP contribution is -2.33. The number of rotatable bonds is 3. The zero-order valence-electron chi connectivity index (χ0n) is 10.3. The number of benzene rings is 1. The third-order valence-electron chi connectivity index (χ3n) is 2.10. The number of nitrogens with zero attached hydrogens (tertiary/aromatic N) is 1. The first-order valence-electron chi connectivity index (χ1n) is 5.30. The van der Waals surface area contributed by atoms with Crippen molar-refractivity contribution in [2.24, 2.45) is 0 Å². The molecule has 0 aromatic heterocycles. The highest BCUT2D eigenvalue weighted by molar-refractivity contribution is 5.88. The Bertz CT molecular complexity index is 416. The molecular formula is C12H17N3O2. The van der Waals surface area contributed by atoms with Crippen molar-refractivity contribution in [2.75, 3.05) is 19.4 Å². The smallest absolute Gasteiger partial charge is 0.317 e. The van der Waals surface area contributed by atoms with Crippen LogP contribution in [-0.2, 0) is 11.3 Å². The van der Waals surface area contributed by atoms with E-state index in [9.17, 15) is 9.59 Å². The summed E-state index contributed by atoms with van der Waals surface area (Å²) in [7, 11) is 3.37. The number of amides is 3. The average Bonchev–Trinajstić information content (AvgIpc) is 2.25. The Balaban J connectivity index is 2.60. The number of anilines is 1. The van der Waals surface area contributed by atoms with Gasteiger partial charge in [-0.2, -0.15) is 0 Å². The summed E-state index contributed by atoms with van der Waals surface area (Å²) in [5, 5.41) is 5.45. The molecule has 0 radical (unpaired) electrons. The number of carbonyl (C=O) groups is 2. The van der Waals surface area contributed by atoms with Crippen LogP contribution in [0.15, 0.2) is 24.3 Å². The summed E-state index contributed by atoms with van der Waals surface area (Å²) >= 11 is 0. The van der Waals surface area contributed by atoms with Gasteiger partial charge in [-0.25, -0.2) is 4.79 Å². The van der Waals surface area contributed by atoms with E-state index in [2.05, 4.69) is 10.6 Å². The lowest BCUT2D eigenvalue weighted by atomic mass is 10.2. The van der Waals surface area contributed by atoms with Gasteiger partial charge in [0.1, 0.15) is 0 Å². The van der Waals surface area contributed by atoms with Gasteiger partial charge in [-0.1, -0.05) is 12.1 Å². The third-order valence-corrected chi connectivity index (χ3v) is 2.10. The molecule has 1 aromatic carbocycles. The van der Waals surface area contributed by atoms with Crippen LogP contribution in [-0.4, -0.2) is 30.9 Å². The van der Waals surface area contributed by atoms with Crippen molar-refractivity contribution < 1.29 is 9.59 Å². The lowest BCUT2D eigenvalue weighted by Gasteiger charge is -2.12. The average molecular weight is 235 g/mol. The molecule has 0 spiro atoms. The maximum atomic E-state index is 11.3. The van der Waals surface area contributed by atoms with Gasteiger partial charge in [-0.05, 0) is 17.7 Å². The molecule has 0 unspecified atom stereocenters. The van der Waals surface area contributed by atoms with Crippen molar-refractivity contribution in [2.45, 2.75) is 13.5 Å². The van der Waals surface area contributed by atoms with E-state index >= 15 is 0 Å². The Morgan fingerprint density at radius 2 is 2.00 bits per heavy atom. The summed E-state index contributed by atoms with van der Waals surface area (Å²) in [4.78, 5) is 23.7. The monoisotopic (exact) mass is 235 g/mol. The molecule has 1 aromatic rings. The summed E-state index contributed by atoms with van der Waals surface area (Å²) < 4.78 is 0. The van der Waals surface area contributed by atoms with Crippen molar-refractivity contribution in [3.63, 3.8) is 0 Å². The zero-order chi connectivity index (χ0) is 12.8. The minimum atomic E-state index is -0.144. The molecule has 5 nitrogen and oxygen atoms in total. The quantitative estimate of drug-likeness (QED) is 0.832. The van der Waals surface area contributed by atoms with Gasteiger partial charge in [-0.3, -0.25) is 4.79 Å². The summed E-state index contributed by atoms with van der Waals surface area (Å²) in [5.74, 6) is -0.112. The fourth-order valence-electron chi connectivity index (χ4n) is 1.30. The molecule has 17 heavy (non-hydrogen) atoms. The Hall–Kier alpha value is -2.04. The van der Waals surface area contributed by atoms with E-state index in [0.717, 1.165) is 11.3 Å². The molecule has 0 saturated carbocycles. The van der Waals surface area contributed by atoms with E-state index < -0.39 is 0 Å². The minimum Gasteiger partial charge on any atom is -0.334 e. The number of hydrogen-bond donors (Lipinski definition) is 2. The second-order valence-electron chi connectivity index (χ2n) is 3.93. The highest BCUT2D eigenvalue weighted by atomic mass is 16.2. The van der Waals surface area contributed by atoms with E-state index in [1.165, 1.54) is 11.8 Å². The summed E-state index contributed by atoms with van der Waals surface area (Å²) in [5.41, 5.74) is 1.67. The SMILES string of the molecule is CC(=O)Nc1cccc(CNC(=O)N(C)C)c1. The van der Waals surface area contributed by atoms with Crippen LogP contribution >= 0.6 is 0 Å². The van der Waals surface area contributed by atoms with Crippen molar-refractivity contribution in [1.82, 2.24) is 10.2 Å². The normalized spacial score (nSPS) is 9.59. The van der Waals surface area contributed by atoms with Gasteiger partial charge in [0.2, 0.25) is 5.91 Å². The molecule has 0 aliphatic carbocycles. The van der Waals surface area contributed by atoms with Crippen LogP contribution in [0.4, 0.5) is 10.5 Å². The molecular weight excluding hydrogens is 218 g/mol. The minimum absolute atomic E-state index is 0.112. The van der Waals surface area contributed by atoms with E-state index in [1.807, 2.05) is 18.2 Å². The van der Waals surface area contributed by atoms with Crippen molar-refractivity contribution in [1.29, 1.82) is 0 Å². The first-order valence-corrected chi connectivity index (χ1v) is 5.30. The maximum Gasteiger partial charge on any atom is 0.317 e. The van der Waals surface area contributed by atoms with Crippen molar-refractivity contribution in [3.05, 3.63) is 29.8 Å². The second-order valence-corrected chi connectivity index (χ2v) is 3.93. The first-order chi connectivity index (χ1) is 7.99. The molecule has 1 rings (SSSR count). The van der Waals surface area contributed by atoms with Gasteiger partial charge in [-0.15, -0.1) is 0 Å². The fourth-order valence-corrected chi connectivity index (χ4v) is 1.30. The van der Waals surface area contributed by atoms with Crippen LogP contribution in [0.3, 0.4) is 0 Å². The fraction of sp³-hybridized carbons (Fsp3) is 0.333. The molecule has 0 aliphatic rings. The van der Waals surface area contributed by atoms with Gasteiger partial charge in [0.15, 0.2) is 0 Å². The molecule has 0 aliphatic heterocycles. The van der Waals surface area contributed by atoms with E-state index in [-0.39, 0.29) is 11.9 Å². The summed E-state index contributed by atoms with van der Waals surface area (Å²) in [6, 6.07) is 7.22. The molecule has 3 amide bonds. The first kappa shape index (κ1) is 13.0. The lowest BCUT2D eigenvalue weighted by molar-refractivity contribution is -0.114. The number of hydrogen-bond acceptors (Lipinski definition) is 2. The van der Waals surface area contributed by atoms with Gasteiger partial charge in [0.25, 0.3) is 0 Å². The number of urea groups is 1. The molecule has 0 bridgehead atoms. The highest BCUT2D eigenvalue weighted by Crippen LogP contribution is 2.10. The standard InChI is InChI=1S/C12H17N3O2/c1-9(16)14-11-6-4-5-10(7-11)8-13-12(17)15(2)3/h4-7H,8H2,1-3H3,(H,13,17)(H,14,16). The Kier molecular flexibility index (Phi) is 4.51. The summed E-state index contributed by atoms with van der Waals surface area (Å²) in [6.07, 6.45) is 0. The van der Waals surface area contributed by atoms with E-state index in [1.54, 1.807) is 20.2 Å². The van der Waals surface area contributed by atoms with Crippen LogP contribution in [0.25, 0.3) is 0 Å². The van der Waals surface area contributed by atoms with Crippen molar-refractivity contribution in [3.8, 4) is 0 Å². The number of carbonyl (C=O) groups excluding carboxylic acids is 2. The van der Waals surface area contributed by atoms with Crippen LogP contribution in [0.1, 0.15) is 12.5 Å². The molecule has 92 valence electrons. The molecule has 0 atom stereocenters. The van der Waals surface area contributed by atoms with Crippen LogP contribution < -0.4 is 10.6 Å². The third kappa shape index (κ3) is 4.55.